The number of unbranched alkanes of at least 4 members (excludes halogenated alkanes) is 1. The lowest BCUT2D eigenvalue weighted by molar-refractivity contribution is 0.0616. The van der Waals surface area contributed by atoms with Crippen molar-refractivity contribution in [1.29, 1.82) is 0 Å². The molecule has 1 saturated carbocycles. The maximum Gasteiger partial charge on any atom is 0.257 e. The van der Waals surface area contributed by atoms with E-state index in [-0.39, 0.29) is 18.0 Å². The minimum absolute atomic E-state index is 0.0659. The highest BCUT2D eigenvalue weighted by Gasteiger charge is 2.29. The molecule has 28 heavy (non-hydrogen) atoms. The zero-order chi connectivity index (χ0) is 19.8. The highest BCUT2D eigenvalue weighted by Crippen LogP contribution is 2.27. The molecule has 1 aliphatic rings. The molecule has 1 fully saturated rings. The van der Waals surface area contributed by atoms with Crippen LogP contribution >= 0.6 is 0 Å². The van der Waals surface area contributed by atoms with Crippen molar-refractivity contribution in [2.45, 2.75) is 64.1 Å². The summed E-state index contributed by atoms with van der Waals surface area (Å²) in [5, 5.41) is 0. The Balaban J connectivity index is 1.78. The molecule has 0 heterocycles. The third-order valence-electron chi connectivity index (χ3n) is 5.50. The Morgan fingerprint density at radius 3 is 2.61 bits per heavy atom. The molecule has 150 valence electrons. The number of ether oxygens (including phenoxy) is 1. The molecule has 1 aliphatic carbocycles. The Morgan fingerprint density at radius 1 is 1.11 bits per heavy atom. The first-order chi connectivity index (χ1) is 13.7. The second kappa shape index (κ2) is 10.3. The fourth-order valence-corrected chi connectivity index (χ4v) is 3.92. The van der Waals surface area contributed by atoms with Crippen LogP contribution in [0.15, 0.2) is 54.6 Å². The molecule has 2 N–H and O–H groups in total. The van der Waals surface area contributed by atoms with Crippen molar-refractivity contribution < 1.29 is 9.53 Å². The number of hydrogen-bond acceptors (Lipinski definition) is 3. The van der Waals surface area contributed by atoms with Gasteiger partial charge in [-0.05, 0) is 49.8 Å². The summed E-state index contributed by atoms with van der Waals surface area (Å²) in [7, 11) is 0. The van der Waals surface area contributed by atoms with E-state index < -0.39 is 0 Å². The summed E-state index contributed by atoms with van der Waals surface area (Å²) < 4.78 is 6.04. The number of benzene rings is 2. The van der Waals surface area contributed by atoms with Crippen LogP contribution in [-0.4, -0.2) is 29.4 Å². The maximum absolute atomic E-state index is 13.5. The van der Waals surface area contributed by atoms with Gasteiger partial charge in [-0.3, -0.25) is 4.79 Å². The Bertz CT molecular complexity index is 747. The minimum atomic E-state index is 0.0659. The van der Waals surface area contributed by atoms with Crippen LogP contribution in [0, 0.1) is 0 Å². The smallest absolute Gasteiger partial charge is 0.257 e. The van der Waals surface area contributed by atoms with Gasteiger partial charge in [-0.25, -0.2) is 0 Å². The summed E-state index contributed by atoms with van der Waals surface area (Å²) in [6.45, 7) is 3.39. The Morgan fingerprint density at radius 2 is 1.86 bits per heavy atom. The average Bonchev–Trinajstić information content (AvgIpc) is 2.73. The van der Waals surface area contributed by atoms with E-state index in [2.05, 4.69) is 6.92 Å². The molecule has 0 radical (unpaired) electrons. The molecule has 4 heteroatoms. The SMILES string of the molecule is CCCCN(C(=O)c1ccccc1OCc1ccccc1)[C@@H]1CCC[C@H](N)C1. The molecule has 3 rings (SSSR count). The first-order valence-corrected chi connectivity index (χ1v) is 10.5. The molecule has 0 aromatic heterocycles. The predicted molar refractivity (Wildman–Crippen MR) is 113 cm³/mol. The largest absolute Gasteiger partial charge is 0.488 e. The van der Waals surface area contributed by atoms with Crippen molar-refractivity contribution in [2.75, 3.05) is 6.54 Å². The average molecular weight is 381 g/mol. The maximum atomic E-state index is 13.5. The molecule has 0 aliphatic heterocycles. The summed E-state index contributed by atoms with van der Waals surface area (Å²) in [6, 6.07) is 18.1. The Labute approximate surface area is 168 Å². The van der Waals surface area contributed by atoms with Gasteiger partial charge >= 0.3 is 0 Å². The second-order valence-electron chi connectivity index (χ2n) is 7.70. The van der Waals surface area contributed by atoms with Gasteiger partial charge in [-0.2, -0.15) is 0 Å². The van der Waals surface area contributed by atoms with Crippen LogP contribution in [0.25, 0.3) is 0 Å². The van der Waals surface area contributed by atoms with E-state index in [1.807, 2.05) is 59.5 Å². The predicted octanol–water partition coefficient (Wildman–Crippen LogP) is 4.78. The summed E-state index contributed by atoms with van der Waals surface area (Å²) in [4.78, 5) is 15.5. The van der Waals surface area contributed by atoms with Gasteiger partial charge in [-0.1, -0.05) is 55.8 Å². The zero-order valence-electron chi connectivity index (χ0n) is 16.8. The Hall–Kier alpha value is -2.33. The van der Waals surface area contributed by atoms with E-state index in [9.17, 15) is 4.79 Å². The number of hydrogen-bond donors (Lipinski definition) is 1. The third kappa shape index (κ3) is 5.35. The molecule has 0 saturated heterocycles. The van der Waals surface area contributed by atoms with Crippen molar-refractivity contribution in [3.05, 3.63) is 65.7 Å². The summed E-state index contributed by atoms with van der Waals surface area (Å²) in [5.41, 5.74) is 7.95. The van der Waals surface area contributed by atoms with E-state index in [1.54, 1.807) is 0 Å². The molecule has 1 amide bonds. The van der Waals surface area contributed by atoms with Gasteiger partial charge in [0.15, 0.2) is 0 Å². The summed E-state index contributed by atoms with van der Waals surface area (Å²) >= 11 is 0. The molecule has 2 aromatic rings. The van der Waals surface area contributed by atoms with Crippen molar-refractivity contribution in [1.82, 2.24) is 4.90 Å². The first kappa shape index (κ1) is 20.4. The van der Waals surface area contributed by atoms with Gasteiger partial charge in [0.1, 0.15) is 12.4 Å². The van der Waals surface area contributed by atoms with Crippen molar-refractivity contribution in [3.8, 4) is 5.75 Å². The number of nitrogens with two attached hydrogens (primary N) is 1. The van der Waals surface area contributed by atoms with Crippen LogP contribution in [-0.2, 0) is 6.61 Å². The van der Waals surface area contributed by atoms with Gasteiger partial charge in [-0.15, -0.1) is 0 Å². The number of amides is 1. The van der Waals surface area contributed by atoms with E-state index in [1.165, 1.54) is 0 Å². The highest BCUT2D eigenvalue weighted by molar-refractivity contribution is 5.97. The van der Waals surface area contributed by atoms with Crippen molar-refractivity contribution in [3.63, 3.8) is 0 Å². The molecule has 0 unspecified atom stereocenters. The zero-order valence-corrected chi connectivity index (χ0v) is 16.8. The lowest BCUT2D eigenvalue weighted by Gasteiger charge is -2.37. The number of para-hydroxylation sites is 1. The molecular weight excluding hydrogens is 348 g/mol. The lowest BCUT2D eigenvalue weighted by Crippen LogP contribution is -2.46. The van der Waals surface area contributed by atoms with E-state index in [0.717, 1.165) is 50.6 Å². The van der Waals surface area contributed by atoms with Crippen LogP contribution in [0.3, 0.4) is 0 Å². The molecule has 2 aromatic carbocycles. The minimum Gasteiger partial charge on any atom is -0.488 e. The highest BCUT2D eigenvalue weighted by atomic mass is 16.5. The molecule has 0 spiro atoms. The number of carbonyl (C=O) groups excluding carboxylic acids is 1. The molecule has 2 atom stereocenters. The van der Waals surface area contributed by atoms with Gasteiger partial charge < -0.3 is 15.4 Å². The van der Waals surface area contributed by atoms with E-state index >= 15 is 0 Å². The third-order valence-corrected chi connectivity index (χ3v) is 5.50. The number of nitrogens with zero attached hydrogens (tertiary/aromatic N) is 1. The molecule has 4 nitrogen and oxygen atoms in total. The second-order valence-corrected chi connectivity index (χ2v) is 7.70. The topological polar surface area (TPSA) is 55.6 Å². The van der Waals surface area contributed by atoms with Gasteiger partial charge in [0, 0.05) is 18.6 Å². The number of rotatable bonds is 8. The fraction of sp³-hybridized carbons (Fsp3) is 0.458. The van der Waals surface area contributed by atoms with Gasteiger partial charge in [0.2, 0.25) is 0 Å². The Kier molecular flexibility index (Phi) is 7.49. The van der Waals surface area contributed by atoms with Crippen LogP contribution < -0.4 is 10.5 Å². The van der Waals surface area contributed by atoms with Crippen molar-refractivity contribution >= 4 is 5.91 Å². The number of carbonyl (C=O) groups is 1. The van der Waals surface area contributed by atoms with E-state index in [0.29, 0.717) is 17.9 Å². The van der Waals surface area contributed by atoms with Crippen LogP contribution in [0.1, 0.15) is 61.4 Å². The summed E-state index contributed by atoms with van der Waals surface area (Å²) in [6.07, 6.45) is 6.15. The monoisotopic (exact) mass is 380 g/mol. The van der Waals surface area contributed by atoms with Gasteiger partial charge in [0.05, 0.1) is 5.56 Å². The van der Waals surface area contributed by atoms with Gasteiger partial charge in [0.25, 0.3) is 5.91 Å². The lowest BCUT2D eigenvalue weighted by atomic mass is 9.90. The standard InChI is InChI=1S/C24H32N2O2/c1-2-3-16-26(21-13-9-12-20(25)17-21)24(27)22-14-7-8-15-23(22)28-18-19-10-5-4-6-11-19/h4-8,10-11,14-15,20-21H,2-3,9,12-13,16-18,25H2,1H3/t20-,21+/m0/s1. The quantitative estimate of drug-likeness (QED) is 0.717. The van der Waals surface area contributed by atoms with Crippen LogP contribution in [0.4, 0.5) is 0 Å². The fourth-order valence-electron chi connectivity index (χ4n) is 3.92. The van der Waals surface area contributed by atoms with Crippen molar-refractivity contribution in [2.24, 2.45) is 5.73 Å². The van der Waals surface area contributed by atoms with E-state index in [4.69, 9.17) is 10.5 Å². The normalized spacial score (nSPS) is 19.2. The first-order valence-electron chi connectivity index (χ1n) is 10.5. The summed E-state index contributed by atoms with van der Waals surface area (Å²) in [5.74, 6) is 0.717. The molecule has 0 bridgehead atoms. The molecular formula is C24H32N2O2. The van der Waals surface area contributed by atoms with Crippen LogP contribution in [0.2, 0.25) is 0 Å². The van der Waals surface area contributed by atoms with Crippen LogP contribution in [0.5, 0.6) is 5.75 Å².